The number of amides is 1. The molecule has 1 amide bonds. The molecule has 3 rings (SSSR count). The highest BCUT2D eigenvalue weighted by molar-refractivity contribution is 7.99. The van der Waals surface area contributed by atoms with Gasteiger partial charge in [0.25, 0.3) is 0 Å². The molecule has 0 radical (unpaired) electrons. The van der Waals surface area contributed by atoms with Crippen molar-refractivity contribution in [1.82, 2.24) is 14.5 Å². The van der Waals surface area contributed by atoms with E-state index in [9.17, 15) is 4.79 Å². The minimum absolute atomic E-state index is 0.117. The number of nitrogens with zero attached hydrogens (tertiary/aromatic N) is 3. The summed E-state index contributed by atoms with van der Waals surface area (Å²) in [4.78, 5) is 19.2. The van der Waals surface area contributed by atoms with Gasteiger partial charge in [0.1, 0.15) is 12.3 Å². The van der Waals surface area contributed by atoms with Crippen molar-refractivity contribution in [2.75, 3.05) is 25.4 Å². The van der Waals surface area contributed by atoms with Crippen molar-refractivity contribution in [3.05, 3.63) is 54.1 Å². The number of carbonyl (C=O) groups excluding carboxylic acids is 1. The number of aryl methyl sites for hydroxylation is 1. The Morgan fingerprint density at radius 2 is 1.93 bits per heavy atom. The summed E-state index contributed by atoms with van der Waals surface area (Å²) in [5, 5.41) is 0.856. The number of hydrogen-bond acceptors (Lipinski definition) is 4. The monoisotopic (exact) mass is 397 g/mol. The van der Waals surface area contributed by atoms with Crippen LogP contribution in [0.5, 0.6) is 5.75 Å². The maximum Gasteiger partial charge on any atom is 0.242 e. The minimum Gasteiger partial charge on any atom is -0.493 e. The summed E-state index contributed by atoms with van der Waals surface area (Å²) >= 11 is 1.62. The highest BCUT2D eigenvalue weighted by Crippen LogP contribution is 2.24. The molecule has 0 spiro atoms. The van der Waals surface area contributed by atoms with Gasteiger partial charge in [-0.15, -0.1) is 0 Å². The molecule has 0 atom stereocenters. The van der Waals surface area contributed by atoms with Gasteiger partial charge in [-0.25, -0.2) is 4.98 Å². The first-order chi connectivity index (χ1) is 13.6. The zero-order valence-corrected chi connectivity index (χ0v) is 17.5. The van der Waals surface area contributed by atoms with Crippen molar-refractivity contribution in [2.45, 2.75) is 32.5 Å². The van der Waals surface area contributed by atoms with Crippen LogP contribution in [-0.2, 0) is 11.3 Å². The molecule has 0 fully saturated rings. The lowest BCUT2D eigenvalue weighted by atomic mass is 10.2. The van der Waals surface area contributed by atoms with Gasteiger partial charge in [0.15, 0.2) is 5.16 Å². The second kappa shape index (κ2) is 9.64. The first kappa shape index (κ1) is 20.3. The smallest absolute Gasteiger partial charge is 0.242 e. The Labute approximate surface area is 170 Å². The number of fused-ring (bicyclic) bond motifs is 1. The Bertz CT molecular complexity index is 934. The van der Waals surface area contributed by atoms with E-state index >= 15 is 0 Å². The Morgan fingerprint density at radius 3 is 2.68 bits per heavy atom. The van der Waals surface area contributed by atoms with Crippen LogP contribution in [0.15, 0.2) is 53.7 Å². The Balaban J connectivity index is 1.70. The van der Waals surface area contributed by atoms with Crippen LogP contribution in [0, 0.1) is 6.92 Å². The van der Waals surface area contributed by atoms with Gasteiger partial charge in [0, 0.05) is 18.8 Å². The van der Waals surface area contributed by atoms with Crippen LogP contribution in [0.4, 0.5) is 0 Å². The van der Waals surface area contributed by atoms with Gasteiger partial charge < -0.3 is 14.2 Å². The van der Waals surface area contributed by atoms with Crippen LogP contribution in [0.25, 0.3) is 11.0 Å². The summed E-state index contributed by atoms with van der Waals surface area (Å²) in [6.07, 6.45) is 0. The van der Waals surface area contributed by atoms with Crippen molar-refractivity contribution in [3.63, 3.8) is 0 Å². The maximum absolute atomic E-state index is 12.7. The Kier molecular flexibility index (Phi) is 6.98. The highest BCUT2D eigenvalue weighted by Gasteiger charge is 2.16. The third kappa shape index (κ3) is 4.87. The van der Waals surface area contributed by atoms with Gasteiger partial charge in [0.05, 0.1) is 17.6 Å². The summed E-state index contributed by atoms with van der Waals surface area (Å²) in [6.45, 7) is 8.39. The van der Waals surface area contributed by atoms with Gasteiger partial charge in [0.2, 0.25) is 5.91 Å². The van der Waals surface area contributed by atoms with E-state index in [1.165, 1.54) is 5.56 Å². The van der Waals surface area contributed by atoms with Crippen LogP contribution >= 0.6 is 11.8 Å². The molecular formula is C22H27N3O2S. The number of likely N-dealkylation sites (N-methyl/N-ethyl adjacent to an activating group) is 1. The van der Waals surface area contributed by atoms with Crippen LogP contribution < -0.4 is 4.74 Å². The fourth-order valence-electron chi connectivity index (χ4n) is 3.13. The number of benzene rings is 2. The number of imidazole rings is 1. The molecule has 0 aliphatic rings. The standard InChI is InChI=1S/C22H27N3O2S/c1-4-24(5-2)21(26)16-25-20-12-7-6-11-19(20)23-22(25)28-14-13-27-18-10-8-9-17(3)15-18/h6-12,15H,4-5,13-14,16H2,1-3H3. The number of para-hydroxylation sites is 2. The summed E-state index contributed by atoms with van der Waals surface area (Å²) in [6, 6.07) is 16.0. The molecule has 0 aliphatic carbocycles. The van der Waals surface area contributed by atoms with Crippen molar-refractivity contribution in [2.24, 2.45) is 0 Å². The molecule has 6 heteroatoms. The SMILES string of the molecule is CCN(CC)C(=O)Cn1c(SCCOc2cccc(C)c2)nc2ccccc21. The largest absolute Gasteiger partial charge is 0.493 e. The molecule has 0 saturated carbocycles. The number of hydrogen-bond donors (Lipinski definition) is 0. The molecule has 3 aromatic rings. The molecule has 148 valence electrons. The predicted molar refractivity (Wildman–Crippen MR) is 115 cm³/mol. The predicted octanol–water partition coefficient (Wildman–Crippen LogP) is 4.38. The van der Waals surface area contributed by atoms with Crippen molar-refractivity contribution in [1.29, 1.82) is 0 Å². The Morgan fingerprint density at radius 1 is 1.14 bits per heavy atom. The molecule has 5 nitrogen and oxygen atoms in total. The van der Waals surface area contributed by atoms with E-state index in [0.717, 1.165) is 40.8 Å². The van der Waals surface area contributed by atoms with Crippen LogP contribution in [0.3, 0.4) is 0 Å². The topological polar surface area (TPSA) is 47.4 Å². The van der Waals surface area contributed by atoms with E-state index in [1.807, 2.05) is 65.8 Å². The summed E-state index contributed by atoms with van der Waals surface area (Å²) in [5.74, 6) is 1.76. The lowest BCUT2D eigenvalue weighted by Crippen LogP contribution is -2.33. The average Bonchev–Trinajstić information content (AvgIpc) is 3.04. The minimum atomic E-state index is 0.117. The normalized spacial score (nSPS) is 11.0. The fraction of sp³-hybridized carbons (Fsp3) is 0.364. The van der Waals surface area contributed by atoms with Gasteiger partial charge in [-0.2, -0.15) is 0 Å². The van der Waals surface area contributed by atoms with Crippen molar-refractivity contribution in [3.8, 4) is 5.75 Å². The summed E-state index contributed by atoms with van der Waals surface area (Å²) in [5.41, 5.74) is 3.09. The molecule has 28 heavy (non-hydrogen) atoms. The lowest BCUT2D eigenvalue weighted by molar-refractivity contribution is -0.131. The van der Waals surface area contributed by atoms with E-state index in [2.05, 4.69) is 13.0 Å². The molecule has 0 saturated heterocycles. The van der Waals surface area contributed by atoms with E-state index in [4.69, 9.17) is 9.72 Å². The quantitative estimate of drug-likeness (QED) is 0.397. The van der Waals surface area contributed by atoms with Gasteiger partial charge in [-0.3, -0.25) is 4.79 Å². The number of rotatable bonds is 9. The molecule has 1 aromatic heterocycles. The molecule has 1 heterocycles. The molecule has 0 unspecified atom stereocenters. The molecule has 2 aromatic carbocycles. The van der Waals surface area contributed by atoms with Crippen LogP contribution in [-0.4, -0.2) is 45.8 Å². The third-order valence-electron chi connectivity index (χ3n) is 4.60. The van der Waals surface area contributed by atoms with Crippen molar-refractivity contribution < 1.29 is 9.53 Å². The Hall–Kier alpha value is -2.47. The van der Waals surface area contributed by atoms with Crippen molar-refractivity contribution >= 4 is 28.7 Å². The van der Waals surface area contributed by atoms with Gasteiger partial charge >= 0.3 is 0 Å². The van der Waals surface area contributed by atoms with Crippen LogP contribution in [0.2, 0.25) is 0 Å². The zero-order valence-electron chi connectivity index (χ0n) is 16.7. The first-order valence-corrected chi connectivity index (χ1v) is 10.7. The number of ether oxygens (including phenoxy) is 1. The van der Waals surface area contributed by atoms with Gasteiger partial charge in [-0.05, 0) is 50.6 Å². The number of carbonyl (C=O) groups is 1. The van der Waals surface area contributed by atoms with E-state index in [0.29, 0.717) is 13.2 Å². The lowest BCUT2D eigenvalue weighted by Gasteiger charge is -2.19. The first-order valence-electron chi connectivity index (χ1n) is 9.67. The number of aromatic nitrogens is 2. The summed E-state index contributed by atoms with van der Waals surface area (Å²) in [7, 11) is 0. The second-order valence-corrected chi connectivity index (χ2v) is 7.61. The molecule has 0 aliphatic heterocycles. The fourth-order valence-corrected chi connectivity index (χ4v) is 3.96. The van der Waals surface area contributed by atoms with E-state index in [1.54, 1.807) is 11.8 Å². The third-order valence-corrected chi connectivity index (χ3v) is 5.54. The van der Waals surface area contributed by atoms with Gasteiger partial charge in [-0.1, -0.05) is 36.0 Å². The second-order valence-electron chi connectivity index (χ2n) is 6.55. The molecule has 0 N–H and O–H groups in total. The molecule has 0 bridgehead atoms. The zero-order chi connectivity index (χ0) is 19.9. The van der Waals surface area contributed by atoms with E-state index in [-0.39, 0.29) is 5.91 Å². The molecular weight excluding hydrogens is 370 g/mol. The summed E-state index contributed by atoms with van der Waals surface area (Å²) < 4.78 is 7.86. The van der Waals surface area contributed by atoms with Crippen LogP contribution in [0.1, 0.15) is 19.4 Å². The maximum atomic E-state index is 12.7. The van der Waals surface area contributed by atoms with E-state index < -0.39 is 0 Å². The highest BCUT2D eigenvalue weighted by atomic mass is 32.2. The average molecular weight is 398 g/mol. The number of thioether (sulfide) groups is 1.